The van der Waals surface area contributed by atoms with E-state index in [1.807, 2.05) is 0 Å². The summed E-state index contributed by atoms with van der Waals surface area (Å²) in [6.07, 6.45) is -0.835. The zero-order valence-corrected chi connectivity index (χ0v) is 8.61. The molecule has 1 aliphatic rings. The van der Waals surface area contributed by atoms with Gasteiger partial charge in [-0.2, -0.15) is 0 Å². The number of alkyl halides is 2. The average molecular weight is 229 g/mol. The van der Waals surface area contributed by atoms with Crippen LogP contribution in [0.3, 0.4) is 0 Å². The van der Waals surface area contributed by atoms with Crippen LogP contribution in [0.4, 0.5) is 18.9 Å². The van der Waals surface area contributed by atoms with E-state index < -0.39 is 29.5 Å². The van der Waals surface area contributed by atoms with Crippen LogP contribution in [0.25, 0.3) is 0 Å². The molecule has 0 radical (unpaired) electrons. The van der Waals surface area contributed by atoms with Crippen molar-refractivity contribution in [3.63, 3.8) is 0 Å². The Morgan fingerprint density at radius 2 is 2.06 bits per heavy atom. The molecule has 2 nitrogen and oxygen atoms in total. The highest BCUT2D eigenvalue weighted by molar-refractivity contribution is 6.03. The quantitative estimate of drug-likeness (QED) is 0.695. The summed E-state index contributed by atoms with van der Waals surface area (Å²) in [6.45, 7) is 1.24. The number of hydrogen-bond acceptors (Lipinski definition) is 2. The zero-order valence-electron chi connectivity index (χ0n) is 8.61. The molecule has 1 aromatic rings. The van der Waals surface area contributed by atoms with Gasteiger partial charge in [0.1, 0.15) is 5.82 Å². The number of nitrogens with two attached hydrogens (primary N) is 1. The minimum atomic E-state index is -3.18. The van der Waals surface area contributed by atoms with E-state index in [0.29, 0.717) is 0 Å². The van der Waals surface area contributed by atoms with Crippen molar-refractivity contribution in [1.82, 2.24) is 0 Å². The normalized spacial score (nSPS) is 18.4. The average Bonchev–Trinajstić information content (AvgIpc) is 2.18. The van der Waals surface area contributed by atoms with Crippen LogP contribution in [-0.2, 0) is 5.92 Å². The number of carbonyl (C=O) groups excluding carboxylic acids is 1. The molecule has 16 heavy (non-hydrogen) atoms. The molecule has 0 unspecified atom stereocenters. The van der Waals surface area contributed by atoms with Crippen molar-refractivity contribution in [3.05, 3.63) is 28.6 Å². The highest BCUT2D eigenvalue weighted by atomic mass is 19.3. The monoisotopic (exact) mass is 229 g/mol. The molecule has 2 N–H and O–H groups in total. The van der Waals surface area contributed by atoms with Crippen LogP contribution in [0, 0.1) is 12.7 Å². The van der Waals surface area contributed by atoms with Gasteiger partial charge in [0, 0.05) is 24.1 Å². The number of anilines is 1. The maximum atomic E-state index is 13.6. The van der Waals surface area contributed by atoms with Crippen LogP contribution in [0.5, 0.6) is 0 Å². The van der Waals surface area contributed by atoms with E-state index in [0.717, 1.165) is 6.07 Å². The van der Waals surface area contributed by atoms with Gasteiger partial charge in [0.25, 0.3) is 5.92 Å². The lowest BCUT2D eigenvalue weighted by Gasteiger charge is -2.27. The third-order valence-corrected chi connectivity index (χ3v) is 2.86. The van der Waals surface area contributed by atoms with Crippen LogP contribution in [0.2, 0.25) is 0 Å². The smallest absolute Gasteiger partial charge is 0.274 e. The fourth-order valence-corrected chi connectivity index (χ4v) is 2.05. The molecule has 0 aliphatic heterocycles. The Hall–Kier alpha value is -1.52. The molecule has 0 atom stereocenters. The van der Waals surface area contributed by atoms with E-state index in [9.17, 15) is 18.0 Å². The van der Waals surface area contributed by atoms with Gasteiger partial charge in [-0.25, -0.2) is 13.2 Å². The predicted octanol–water partition coefficient (Wildman–Crippen LogP) is 2.78. The second-order valence-electron chi connectivity index (χ2n) is 3.95. The van der Waals surface area contributed by atoms with E-state index in [4.69, 9.17) is 5.73 Å². The third-order valence-electron chi connectivity index (χ3n) is 2.86. The third kappa shape index (κ3) is 1.38. The lowest BCUT2D eigenvalue weighted by Crippen LogP contribution is -2.27. The molecular formula is C11H10F3NO. The van der Waals surface area contributed by atoms with Crippen LogP contribution < -0.4 is 5.73 Å². The standard InChI is InChI=1S/C11H10F3NO/c1-5-6(12)4-7(15)9-8(16)2-3-11(13,14)10(5)9/h4H,2-3,15H2,1H3. The Morgan fingerprint density at radius 3 is 2.69 bits per heavy atom. The number of hydrogen-bond donors (Lipinski definition) is 1. The van der Waals surface area contributed by atoms with Crippen LogP contribution in [0.15, 0.2) is 6.07 Å². The second-order valence-corrected chi connectivity index (χ2v) is 3.95. The van der Waals surface area contributed by atoms with Crippen molar-refractivity contribution in [3.8, 4) is 0 Å². The molecule has 1 aliphatic carbocycles. The summed E-state index contributed by atoms with van der Waals surface area (Å²) in [4.78, 5) is 11.5. The first-order valence-corrected chi connectivity index (χ1v) is 4.84. The van der Waals surface area contributed by atoms with Gasteiger partial charge in [-0.15, -0.1) is 0 Å². The lowest BCUT2D eigenvalue weighted by molar-refractivity contribution is -0.0200. The van der Waals surface area contributed by atoms with Crippen molar-refractivity contribution in [1.29, 1.82) is 0 Å². The van der Waals surface area contributed by atoms with E-state index in [1.165, 1.54) is 6.92 Å². The fraction of sp³-hybridized carbons (Fsp3) is 0.364. The van der Waals surface area contributed by atoms with Gasteiger partial charge in [-0.1, -0.05) is 0 Å². The summed E-state index contributed by atoms with van der Waals surface area (Å²) in [7, 11) is 0. The Balaban J connectivity index is 2.83. The first-order valence-electron chi connectivity index (χ1n) is 4.84. The summed E-state index contributed by atoms with van der Waals surface area (Å²) in [5.41, 5.74) is 4.28. The number of fused-ring (bicyclic) bond motifs is 1. The highest BCUT2D eigenvalue weighted by Crippen LogP contribution is 2.44. The Morgan fingerprint density at radius 1 is 1.44 bits per heavy atom. The molecule has 0 saturated carbocycles. The molecule has 0 aromatic heterocycles. The van der Waals surface area contributed by atoms with Gasteiger partial charge in [0.15, 0.2) is 5.78 Å². The maximum absolute atomic E-state index is 13.6. The van der Waals surface area contributed by atoms with Gasteiger partial charge < -0.3 is 5.73 Å². The lowest BCUT2D eigenvalue weighted by atomic mass is 9.83. The zero-order chi connectivity index (χ0) is 12.1. The Labute approximate surface area is 90.2 Å². The van der Waals surface area contributed by atoms with E-state index in [-0.39, 0.29) is 23.2 Å². The number of carbonyl (C=O) groups is 1. The molecule has 0 amide bonds. The topological polar surface area (TPSA) is 43.1 Å². The van der Waals surface area contributed by atoms with Gasteiger partial charge >= 0.3 is 0 Å². The van der Waals surface area contributed by atoms with E-state index in [1.54, 1.807) is 0 Å². The van der Waals surface area contributed by atoms with Crippen LogP contribution >= 0.6 is 0 Å². The number of benzene rings is 1. The molecule has 0 heterocycles. The van der Waals surface area contributed by atoms with Crippen molar-refractivity contribution < 1.29 is 18.0 Å². The summed E-state index contributed by atoms with van der Waals surface area (Å²) in [6, 6.07) is 0.924. The number of ketones is 1. The molecule has 86 valence electrons. The summed E-state index contributed by atoms with van der Waals surface area (Å²) < 4.78 is 40.5. The molecule has 2 rings (SSSR count). The molecular weight excluding hydrogens is 219 g/mol. The largest absolute Gasteiger partial charge is 0.398 e. The van der Waals surface area contributed by atoms with Crippen LogP contribution in [0.1, 0.15) is 34.3 Å². The van der Waals surface area contributed by atoms with Crippen molar-refractivity contribution >= 4 is 11.5 Å². The summed E-state index contributed by atoms with van der Waals surface area (Å²) in [5.74, 6) is -4.42. The van der Waals surface area contributed by atoms with Crippen molar-refractivity contribution in [2.45, 2.75) is 25.7 Å². The van der Waals surface area contributed by atoms with Gasteiger partial charge in [0.05, 0.1) is 5.56 Å². The first kappa shape index (κ1) is 11.0. The number of rotatable bonds is 0. The fourth-order valence-electron chi connectivity index (χ4n) is 2.05. The number of halogens is 3. The minimum Gasteiger partial charge on any atom is -0.398 e. The summed E-state index contributed by atoms with van der Waals surface area (Å²) in [5, 5.41) is 0. The number of Topliss-reactive ketones (excluding diaryl/α,β-unsaturated/α-hetero) is 1. The van der Waals surface area contributed by atoms with E-state index in [2.05, 4.69) is 0 Å². The molecule has 0 spiro atoms. The highest BCUT2D eigenvalue weighted by Gasteiger charge is 2.43. The predicted molar refractivity (Wildman–Crippen MR) is 53.0 cm³/mol. The Bertz CT molecular complexity index is 483. The SMILES string of the molecule is Cc1c(F)cc(N)c2c1C(F)(F)CCC2=O. The summed E-state index contributed by atoms with van der Waals surface area (Å²) >= 11 is 0. The van der Waals surface area contributed by atoms with E-state index >= 15 is 0 Å². The molecule has 0 bridgehead atoms. The van der Waals surface area contributed by atoms with Crippen LogP contribution in [-0.4, -0.2) is 5.78 Å². The Kier molecular flexibility index (Phi) is 2.22. The van der Waals surface area contributed by atoms with Crippen molar-refractivity contribution in [2.24, 2.45) is 0 Å². The molecule has 5 heteroatoms. The minimum absolute atomic E-state index is 0.192. The molecule has 1 aromatic carbocycles. The molecule has 0 saturated heterocycles. The van der Waals surface area contributed by atoms with Gasteiger partial charge in [0.2, 0.25) is 0 Å². The van der Waals surface area contributed by atoms with Gasteiger partial charge in [-0.05, 0) is 18.6 Å². The maximum Gasteiger partial charge on any atom is 0.274 e. The first-order chi connectivity index (χ1) is 7.34. The number of nitrogen functional groups attached to an aromatic ring is 1. The van der Waals surface area contributed by atoms with Gasteiger partial charge in [-0.3, -0.25) is 4.79 Å². The second kappa shape index (κ2) is 3.23. The molecule has 0 fully saturated rings. The van der Waals surface area contributed by atoms with Crippen molar-refractivity contribution in [2.75, 3.05) is 5.73 Å².